The second-order valence-electron chi connectivity index (χ2n) is 3.70. The number of rotatable bonds is 5. The van der Waals surface area contributed by atoms with Gasteiger partial charge in [-0.3, -0.25) is 0 Å². The van der Waals surface area contributed by atoms with Crippen molar-refractivity contribution < 1.29 is 4.74 Å². The zero-order chi connectivity index (χ0) is 12.1. The lowest BCUT2D eigenvalue weighted by Gasteiger charge is -2.10. The second kappa shape index (κ2) is 6.05. The Morgan fingerprint density at radius 2 is 1.94 bits per heavy atom. The molecule has 0 fully saturated rings. The van der Waals surface area contributed by atoms with Gasteiger partial charge in [0.05, 0.1) is 10.9 Å². The van der Waals surface area contributed by atoms with E-state index in [4.69, 9.17) is 22.1 Å². The second-order valence-corrected chi connectivity index (χ2v) is 5.45. The van der Waals surface area contributed by atoms with E-state index in [0.29, 0.717) is 6.61 Å². The molecule has 0 radical (unpaired) electrons. The summed E-state index contributed by atoms with van der Waals surface area (Å²) in [6.07, 6.45) is 0.783. The summed E-state index contributed by atoms with van der Waals surface area (Å²) in [5.74, 6) is 0.879. The largest absolute Gasteiger partial charge is 0.494 e. The fraction of sp³-hybridized carbons (Fsp3) is 0.231. The molecule has 0 amide bonds. The maximum atomic E-state index is 6.04. The highest BCUT2D eigenvalue weighted by Crippen LogP contribution is 2.27. The van der Waals surface area contributed by atoms with Gasteiger partial charge in [0.1, 0.15) is 5.75 Å². The third kappa shape index (κ3) is 3.73. The molecule has 1 atom stereocenters. The molecule has 2 nitrogen and oxygen atoms in total. The lowest BCUT2D eigenvalue weighted by atomic mass is 10.2. The van der Waals surface area contributed by atoms with Gasteiger partial charge in [-0.1, -0.05) is 29.8 Å². The monoisotopic (exact) mass is 267 g/mol. The van der Waals surface area contributed by atoms with Crippen molar-refractivity contribution in [3.63, 3.8) is 0 Å². The van der Waals surface area contributed by atoms with E-state index in [2.05, 4.69) is 0 Å². The first-order valence-corrected chi connectivity index (χ1v) is 6.64. The Balaban J connectivity index is 1.79. The van der Waals surface area contributed by atoms with Crippen LogP contribution in [0.25, 0.3) is 0 Å². The smallest absolute Gasteiger partial charge is 0.119 e. The zero-order valence-corrected chi connectivity index (χ0v) is 10.9. The van der Waals surface area contributed by atoms with E-state index < -0.39 is 0 Å². The van der Waals surface area contributed by atoms with E-state index in [9.17, 15) is 0 Å². The van der Waals surface area contributed by atoms with E-state index >= 15 is 0 Å². The van der Waals surface area contributed by atoms with Crippen LogP contribution in [0.2, 0.25) is 4.34 Å². The van der Waals surface area contributed by atoms with E-state index in [1.165, 1.54) is 11.3 Å². The first kappa shape index (κ1) is 12.4. The molecule has 17 heavy (non-hydrogen) atoms. The number of halogens is 1. The Labute approximate surface area is 110 Å². The van der Waals surface area contributed by atoms with Crippen LogP contribution < -0.4 is 10.5 Å². The van der Waals surface area contributed by atoms with Crippen LogP contribution in [0.15, 0.2) is 42.5 Å². The number of ether oxygens (including phenoxy) is 1. The Morgan fingerprint density at radius 3 is 2.59 bits per heavy atom. The topological polar surface area (TPSA) is 35.2 Å². The minimum Gasteiger partial charge on any atom is -0.494 e. The average Bonchev–Trinajstić information content (AvgIpc) is 2.77. The Hall–Kier alpha value is -1.03. The van der Waals surface area contributed by atoms with E-state index in [-0.39, 0.29) is 6.04 Å². The predicted octanol–water partition coefficient (Wildman–Crippen LogP) is 3.87. The van der Waals surface area contributed by atoms with Crippen molar-refractivity contribution in [1.82, 2.24) is 0 Å². The molecule has 4 heteroatoms. The molecule has 0 aliphatic rings. The summed E-state index contributed by atoms with van der Waals surface area (Å²) in [5, 5.41) is 0. The third-order valence-corrected chi connectivity index (χ3v) is 3.76. The minimum atomic E-state index is -0.00351. The molecule has 1 aromatic carbocycles. The highest BCUT2D eigenvalue weighted by molar-refractivity contribution is 7.16. The molecule has 1 aromatic heterocycles. The van der Waals surface area contributed by atoms with Crippen LogP contribution in [0.4, 0.5) is 0 Å². The molecule has 2 N–H and O–H groups in total. The molecule has 0 aliphatic heterocycles. The van der Waals surface area contributed by atoms with Gasteiger partial charge in [0.25, 0.3) is 0 Å². The molecule has 2 rings (SSSR count). The van der Waals surface area contributed by atoms with E-state index in [0.717, 1.165) is 21.4 Å². The number of hydrogen-bond donors (Lipinski definition) is 1. The van der Waals surface area contributed by atoms with Gasteiger partial charge in [-0.05, 0) is 24.3 Å². The van der Waals surface area contributed by atoms with Crippen LogP contribution in [0, 0.1) is 0 Å². The highest BCUT2D eigenvalue weighted by Gasteiger charge is 2.08. The first-order chi connectivity index (χ1) is 8.25. The average molecular weight is 268 g/mol. The maximum Gasteiger partial charge on any atom is 0.119 e. The quantitative estimate of drug-likeness (QED) is 0.893. The fourth-order valence-electron chi connectivity index (χ4n) is 1.49. The van der Waals surface area contributed by atoms with Crippen molar-refractivity contribution in [1.29, 1.82) is 0 Å². The number of thiophene rings is 1. The lowest BCUT2D eigenvalue weighted by Crippen LogP contribution is -2.12. The molecule has 1 heterocycles. The van der Waals surface area contributed by atoms with Crippen LogP contribution in [0.3, 0.4) is 0 Å². The van der Waals surface area contributed by atoms with Crippen molar-refractivity contribution in [2.75, 3.05) is 6.61 Å². The molecule has 2 aromatic rings. The summed E-state index contributed by atoms with van der Waals surface area (Å²) in [7, 11) is 0. The molecule has 0 bridgehead atoms. The van der Waals surface area contributed by atoms with Crippen LogP contribution in [-0.2, 0) is 0 Å². The van der Waals surface area contributed by atoms with Crippen molar-refractivity contribution in [3.8, 4) is 5.75 Å². The third-order valence-electron chi connectivity index (χ3n) is 2.40. The fourth-order valence-corrected chi connectivity index (χ4v) is 2.59. The lowest BCUT2D eigenvalue weighted by molar-refractivity contribution is 0.299. The van der Waals surface area contributed by atoms with Gasteiger partial charge >= 0.3 is 0 Å². The van der Waals surface area contributed by atoms with Crippen molar-refractivity contribution in [3.05, 3.63) is 51.7 Å². The van der Waals surface area contributed by atoms with Gasteiger partial charge in [0.15, 0.2) is 0 Å². The van der Waals surface area contributed by atoms with Gasteiger partial charge in [-0.15, -0.1) is 11.3 Å². The van der Waals surface area contributed by atoms with Crippen LogP contribution in [0.1, 0.15) is 17.3 Å². The molecule has 90 valence electrons. The number of benzene rings is 1. The number of nitrogens with two attached hydrogens (primary N) is 1. The van der Waals surface area contributed by atoms with Crippen molar-refractivity contribution >= 4 is 22.9 Å². The minimum absolute atomic E-state index is 0.00351. The van der Waals surface area contributed by atoms with Gasteiger partial charge in [0.2, 0.25) is 0 Å². The molecule has 0 saturated carbocycles. The highest BCUT2D eigenvalue weighted by atomic mass is 35.5. The molecule has 0 aliphatic carbocycles. The summed E-state index contributed by atoms with van der Waals surface area (Å²) in [4.78, 5) is 1.10. The first-order valence-electron chi connectivity index (χ1n) is 5.44. The summed E-state index contributed by atoms with van der Waals surface area (Å²) >= 11 is 7.39. The number of hydrogen-bond acceptors (Lipinski definition) is 3. The standard InChI is InChI=1S/C13H14ClNOS/c14-13-7-6-12(17-13)11(15)8-9-16-10-4-2-1-3-5-10/h1-7,11H,8-9,15H2. The molecule has 1 unspecified atom stereocenters. The Morgan fingerprint density at radius 1 is 1.18 bits per heavy atom. The predicted molar refractivity (Wildman–Crippen MR) is 72.8 cm³/mol. The molecule has 0 saturated heterocycles. The van der Waals surface area contributed by atoms with Crippen LogP contribution in [0.5, 0.6) is 5.75 Å². The van der Waals surface area contributed by atoms with Gasteiger partial charge in [0, 0.05) is 17.3 Å². The van der Waals surface area contributed by atoms with E-state index in [1.54, 1.807) is 0 Å². The summed E-state index contributed by atoms with van der Waals surface area (Å²) in [6, 6.07) is 13.6. The van der Waals surface area contributed by atoms with Gasteiger partial charge < -0.3 is 10.5 Å². The van der Waals surface area contributed by atoms with Crippen molar-refractivity contribution in [2.45, 2.75) is 12.5 Å². The van der Waals surface area contributed by atoms with E-state index in [1.807, 2.05) is 42.5 Å². The SMILES string of the molecule is NC(CCOc1ccccc1)c1ccc(Cl)s1. The Kier molecular flexibility index (Phi) is 4.42. The maximum absolute atomic E-state index is 6.04. The van der Waals surface area contributed by atoms with Gasteiger partial charge in [-0.2, -0.15) is 0 Å². The Bertz CT molecular complexity index is 457. The molecular formula is C13H14ClNOS. The van der Waals surface area contributed by atoms with Crippen LogP contribution >= 0.6 is 22.9 Å². The molecular weight excluding hydrogens is 254 g/mol. The summed E-state index contributed by atoms with van der Waals surface area (Å²) in [6.45, 7) is 0.612. The van der Waals surface area contributed by atoms with Crippen molar-refractivity contribution in [2.24, 2.45) is 5.73 Å². The summed E-state index contributed by atoms with van der Waals surface area (Å²) < 4.78 is 6.37. The number of para-hydroxylation sites is 1. The van der Waals surface area contributed by atoms with Gasteiger partial charge in [-0.25, -0.2) is 0 Å². The summed E-state index contributed by atoms with van der Waals surface area (Å²) in [5.41, 5.74) is 6.04. The van der Waals surface area contributed by atoms with Crippen LogP contribution in [-0.4, -0.2) is 6.61 Å². The molecule has 0 spiro atoms. The zero-order valence-electron chi connectivity index (χ0n) is 9.30. The normalized spacial score (nSPS) is 12.4.